The normalized spacial score (nSPS) is 13.9. The molecule has 0 unspecified atom stereocenters. The summed E-state index contributed by atoms with van der Waals surface area (Å²) in [5, 5.41) is 38.2. The van der Waals surface area contributed by atoms with Crippen LogP contribution in [-0.2, 0) is 30.4 Å². The zero-order chi connectivity index (χ0) is 34.8. The molecule has 0 saturated heterocycles. The number of amides is 4. The van der Waals surface area contributed by atoms with Gasteiger partial charge in [0, 0.05) is 19.5 Å². The van der Waals surface area contributed by atoms with Crippen molar-refractivity contribution >= 4 is 41.5 Å². The highest BCUT2D eigenvalue weighted by atomic mass is 16.4. The summed E-state index contributed by atoms with van der Waals surface area (Å²) in [5.41, 5.74) is 27.3. The van der Waals surface area contributed by atoms with Gasteiger partial charge in [-0.15, -0.1) is 0 Å². The topological polar surface area (TPSA) is 349 Å². The second kappa shape index (κ2) is 20.0. The maximum atomic E-state index is 13.4. The lowest BCUT2D eigenvalue weighted by Crippen LogP contribution is -2.58. The van der Waals surface area contributed by atoms with E-state index >= 15 is 0 Å². The Hall–Kier alpha value is -5.17. The molecule has 0 radical (unpaired) electrons. The first-order valence-corrected chi connectivity index (χ1v) is 14.3. The van der Waals surface area contributed by atoms with E-state index in [9.17, 15) is 39.3 Å². The molecule has 0 saturated carbocycles. The highest BCUT2D eigenvalue weighted by molar-refractivity contribution is 5.95. The van der Waals surface area contributed by atoms with Crippen LogP contribution in [0.1, 0.15) is 38.2 Å². The minimum atomic E-state index is -1.32. The lowest BCUT2D eigenvalue weighted by atomic mass is 10.0. The van der Waals surface area contributed by atoms with Gasteiger partial charge in [-0.05, 0) is 50.3 Å². The van der Waals surface area contributed by atoms with E-state index in [0.29, 0.717) is 5.56 Å². The Morgan fingerprint density at radius 2 is 1.22 bits per heavy atom. The van der Waals surface area contributed by atoms with Gasteiger partial charge in [-0.25, -0.2) is 4.79 Å². The predicted octanol–water partition coefficient (Wildman–Crippen LogP) is -4.59. The molecule has 17 N–H and O–H groups in total. The number of carbonyl (C=O) groups is 5. The van der Waals surface area contributed by atoms with Crippen LogP contribution in [0.15, 0.2) is 34.3 Å². The minimum absolute atomic E-state index is 0.00822. The second-order valence-electron chi connectivity index (χ2n) is 10.3. The number of guanidine groups is 2. The molecular weight excluding hydrogens is 606 g/mol. The van der Waals surface area contributed by atoms with Crippen molar-refractivity contribution in [1.29, 1.82) is 0 Å². The number of aliphatic hydroxyl groups is 1. The Kier molecular flexibility index (Phi) is 16.9. The summed E-state index contributed by atoms with van der Waals surface area (Å²) in [5.74, 6) is -4.88. The first kappa shape index (κ1) is 38.9. The van der Waals surface area contributed by atoms with Crippen LogP contribution in [0.2, 0.25) is 0 Å². The number of aliphatic hydroxyl groups excluding tert-OH is 1. The third-order valence-corrected chi connectivity index (χ3v) is 6.43. The highest BCUT2D eigenvalue weighted by Gasteiger charge is 2.30. The molecule has 1 aromatic carbocycles. The van der Waals surface area contributed by atoms with E-state index in [4.69, 9.17) is 28.7 Å². The standard InChI is InChI=1S/C27H45N11O8/c1-14(21(41)37-19(25(45)46)5-3-11-34-27(31)32)35-24(44)20(12-15-6-8-16(40)9-7-15)38-23(43)18(4-2-10-33-26(29)30)36-22(42)17(28)13-39/h6-9,14,17-20,39-40H,2-5,10-13,28H2,1H3,(H,35,44)(H,36,42)(H,37,41)(H,38,43)(H,45,46)(H4,29,30,33)(H4,31,32,34)/t14-,17-,18-,19-,20-/m0/s1. The van der Waals surface area contributed by atoms with E-state index in [1.165, 1.54) is 31.2 Å². The lowest BCUT2D eigenvalue weighted by molar-refractivity contribution is -0.142. The molecule has 0 bridgehead atoms. The number of carboxylic acid groups (broad SMARTS) is 1. The largest absolute Gasteiger partial charge is 0.508 e. The van der Waals surface area contributed by atoms with Crippen molar-refractivity contribution in [3.8, 4) is 5.75 Å². The molecule has 46 heavy (non-hydrogen) atoms. The Bertz CT molecular complexity index is 1230. The number of benzene rings is 1. The van der Waals surface area contributed by atoms with Crippen LogP contribution >= 0.6 is 0 Å². The number of nitrogens with one attached hydrogen (secondary N) is 4. The third kappa shape index (κ3) is 15.0. The highest BCUT2D eigenvalue weighted by Crippen LogP contribution is 2.12. The van der Waals surface area contributed by atoms with Crippen molar-refractivity contribution in [3.63, 3.8) is 0 Å². The van der Waals surface area contributed by atoms with Crippen molar-refractivity contribution in [2.45, 2.75) is 69.2 Å². The SMILES string of the molecule is C[C@H](NC(=O)[C@H](Cc1ccc(O)cc1)NC(=O)[C@H](CCCN=C(N)N)NC(=O)[C@@H](N)CO)C(=O)N[C@@H](CCCN=C(N)N)C(=O)O. The van der Waals surface area contributed by atoms with E-state index in [1.807, 2.05) is 0 Å². The Labute approximate surface area is 265 Å². The van der Waals surface area contributed by atoms with Crippen molar-refractivity contribution < 1.29 is 39.3 Å². The number of rotatable bonds is 20. The first-order valence-electron chi connectivity index (χ1n) is 14.3. The zero-order valence-electron chi connectivity index (χ0n) is 25.5. The molecule has 0 aliphatic heterocycles. The molecule has 1 aromatic rings. The monoisotopic (exact) mass is 651 g/mol. The number of aliphatic carboxylic acids is 1. The van der Waals surface area contributed by atoms with Gasteiger partial charge in [-0.2, -0.15) is 0 Å². The first-order chi connectivity index (χ1) is 21.6. The molecule has 256 valence electrons. The molecule has 0 heterocycles. The number of hydrogen-bond donors (Lipinski definition) is 12. The number of carboxylic acids is 1. The van der Waals surface area contributed by atoms with Crippen molar-refractivity contribution in [3.05, 3.63) is 29.8 Å². The molecule has 0 spiro atoms. The van der Waals surface area contributed by atoms with Gasteiger partial charge >= 0.3 is 5.97 Å². The van der Waals surface area contributed by atoms with Crippen LogP contribution in [0.4, 0.5) is 0 Å². The third-order valence-electron chi connectivity index (χ3n) is 6.43. The van der Waals surface area contributed by atoms with Crippen LogP contribution in [0.3, 0.4) is 0 Å². The van der Waals surface area contributed by atoms with Crippen LogP contribution < -0.4 is 49.9 Å². The fourth-order valence-corrected chi connectivity index (χ4v) is 3.92. The van der Waals surface area contributed by atoms with Crippen LogP contribution in [0.5, 0.6) is 5.75 Å². The summed E-state index contributed by atoms with van der Waals surface area (Å²) in [6.45, 7) is 0.922. The molecule has 19 heteroatoms. The smallest absolute Gasteiger partial charge is 0.326 e. The summed E-state index contributed by atoms with van der Waals surface area (Å²) in [6, 6.07) is -0.555. The maximum absolute atomic E-state index is 13.4. The van der Waals surface area contributed by atoms with Gasteiger partial charge in [0.15, 0.2) is 11.9 Å². The molecule has 19 nitrogen and oxygen atoms in total. The fraction of sp³-hybridized carbons (Fsp3) is 0.519. The van der Waals surface area contributed by atoms with Crippen LogP contribution in [0, 0.1) is 0 Å². The number of nitrogens with zero attached hydrogens (tertiary/aromatic N) is 2. The zero-order valence-corrected chi connectivity index (χ0v) is 25.5. The number of nitrogens with two attached hydrogens (primary N) is 5. The summed E-state index contributed by atoms with van der Waals surface area (Å²) in [6.07, 6.45) is 0.434. The van der Waals surface area contributed by atoms with E-state index in [0.717, 1.165) is 0 Å². The number of aliphatic imine (C=N–C) groups is 2. The van der Waals surface area contributed by atoms with E-state index in [2.05, 4.69) is 31.3 Å². The van der Waals surface area contributed by atoms with E-state index < -0.39 is 66.4 Å². The summed E-state index contributed by atoms with van der Waals surface area (Å²) in [4.78, 5) is 71.3. The molecule has 4 amide bonds. The average molecular weight is 652 g/mol. The van der Waals surface area contributed by atoms with Crippen LogP contribution in [-0.4, -0.2) is 107 Å². The van der Waals surface area contributed by atoms with Crippen molar-refractivity contribution in [1.82, 2.24) is 21.3 Å². The molecule has 0 aliphatic carbocycles. The van der Waals surface area contributed by atoms with Crippen LogP contribution in [0.25, 0.3) is 0 Å². The molecule has 5 atom stereocenters. The van der Waals surface area contributed by atoms with Gasteiger partial charge in [0.2, 0.25) is 23.6 Å². The number of phenolic OH excluding ortho intramolecular Hbond substituents is 1. The fourth-order valence-electron chi connectivity index (χ4n) is 3.92. The molecule has 0 fully saturated rings. The van der Waals surface area contributed by atoms with Crippen molar-refractivity contribution in [2.24, 2.45) is 38.7 Å². The van der Waals surface area contributed by atoms with Gasteiger partial charge in [0.1, 0.15) is 36.0 Å². The molecular formula is C27H45N11O8. The number of aromatic hydroxyl groups is 1. The molecule has 0 aliphatic rings. The minimum Gasteiger partial charge on any atom is -0.508 e. The lowest BCUT2D eigenvalue weighted by Gasteiger charge is -2.25. The van der Waals surface area contributed by atoms with Gasteiger partial charge in [0.05, 0.1) is 6.61 Å². The Balaban J connectivity index is 3.12. The Morgan fingerprint density at radius 3 is 1.72 bits per heavy atom. The van der Waals surface area contributed by atoms with E-state index in [-0.39, 0.29) is 62.9 Å². The van der Waals surface area contributed by atoms with Gasteiger partial charge < -0.3 is 65.3 Å². The Morgan fingerprint density at radius 1 is 0.739 bits per heavy atom. The number of carbonyl (C=O) groups excluding carboxylic acids is 4. The predicted molar refractivity (Wildman–Crippen MR) is 168 cm³/mol. The van der Waals surface area contributed by atoms with Gasteiger partial charge in [-0.1, -0.05) is 12.1 Å². The molecule has 0 aromatic heterocycles. The summed E-state index contributed by atoms with van der Waals surface area (Å²) in [7, 11) is 0. The summed E-state index contributed by atoms with van der Waals surface area (Å²) < 4.78 is 0. The average Bonchev–Trinajstić information content (AvgIpc) is 2.99. The second-order valence-corrected chi connectivity index (χ2v) is 10.3. The maximum Gasteiger partial charge on any atom is 0.326 e. The number of hydrogen-bond acceptors (Lipinski definition) is 10. The van der Waals surface area contributed by atoms with E-state index in [1.54, 1.807) is 0 Å². The quantitative estimate of drug-likeness (QED) is 0.0359. The van der Waals surface area contributed by atoms with Gasteiger partial charge in [-0.3, -0.25) is 29.2 Å². The number of phenols is 1. The summed E-state index contributed by atoms with van der Waals surface area (Å²) >= 11 is 0. The molecule has 1 rings (SSSR count). The van der Waals surface area contributed by atoms with Crippen molar-refractivity contribution in [2.75, 3.05) is 19.7 Å². The van der Waals surface area contributed by atoms with Gasteiger partial charge in [0.25, 0.3) is 0 Å².